The highest BCUT2D eigenvalue weighted by molar-refractivity contribution is 5.67. The second-order valence-corrected chi connectivity index (χ2v) is 4.53. The molecular weight excluding hydrogens is 312 g/mol. The highest BCUT2D eigenvalue weighted by Gasteiger charge is 2.37. The van der Waals surface area contributed by atoms with Crippen LogP contribution in [0.15, 0.2) is 24.3 Å². The number of rotatable bonds is 7. The fraction of sp³-hybridized carbons (Fsp3) is 0.385. The number of non-ortho nitro benzene ring substituents is 1. The van der Waals surface area contributed by atoms with E-state index in [0.717, 1.165) is 26.0 Å². The molecule has 10 heteroatoms. The van der Waals surface area contributed by atoms with E-state index in [4.69, 9.17) is 4.74 Å². The van der Waals surface area contributed by atoms with Gasteiger partial charge < -0.3 is 9.47 Å². The van der Waals surface area contributed by atoms with E-state index in [-0.39, 0.29) is 11.3 Å². The van der Waals surface area contributed by atoms with Crippen LogP contribution < -0.4 is 0 Å². The molecule has 0 fully saturated rings. The van der Waals surface area contributed by atoms with Crippen molar-refractivity contribution in [2.45, 2.75) is 26.0 Å². The van der Waals surface area contributed by atoms with Crippen molar-refractivity contribution in [3.8, 4) is 0 Å². The monoisotopic (exact) mass is 326 g/mol. The van der Waals surface area contributed by atoms with Crippen LogP contribution in [-0.4, -0.2) is 34.4 Å². The standard InChI is InChI=1S/C13H14N2O8/c1-8(16)22-7-12(15(20)21)13(23-9(2)17)10-3-5-11(6-4-10)14(18)19/h3-6,12-13H,7H2,1-2H3. The second kappa shape index (κ2) is 7.82. The van der Waals surface area contributed by atoms with E-state index < -0.39 is 40.5 Å². The molecule has 0 aliphatic rings. The third-order valence-corrected chi connectivity index (χ3v) is 2.80. The van der Waals surface area contributed by atoms with E-state index in [1.807, 2.05) is 0 Å². The van der Waals surface area contributed by atoms with E-state index in [9.17, 15) is 29.8 Å². The minimum atomic E-state index is -1.54. The van der Waals surface area contributed by atoms with E-state index in [1.54, 1.807) is 0 Å². The number of hydrogen-bond donors (Lipinski definition) is 0. The van der Waals surface area contributed by atoms with Crippen molar-refractivity contribution in [3.63, 3.8) is 0 Å². The molecule has 1 aromatic carbocycles. The van der Waals surface area contributed by atoms with Gasteiger partial charge in [-0.3, -0.25) is 29.8 Å². The lowest BCUT2D eigenvalue weighted by Crippen LogP contribution is -2.35. The van der Waals surface area contributed by atoms with Crippen LogP contribution >= 0.6 is 0 Å². The Balaban J connectivity index is 3.13. The SMILES string of the molecule is CC(=O)OCC(C(OC(C)=O)c1ccc([N+](=O)[O-])cc1)[N+](=O)[O-]. The van der Waals surface area contributed by atoms with Gasteiger partial charge in [-0.25, -0.2) is 0 Å². The third kappa shape index (κ3) is 5.34. The maximum absolute atomic E-state index is 11.2. The number of hydrogen-bond acceptors (Lipinski definition) is 8. The Labute approximate surface area is 130 Å². The molecule has 2 unspecified atom stereocenters. The summed E-state index contributed by atoms with van der Waals surface area (Å²) in [4.78, 5) is 42.5. The zero-order chi connectivity index (χ0) is 17.6. The van der Waals surface area contributed by atoms with E-state index >= 15 is 0 Å². The van der Waals surface area contributed by atoms with Gasteiger partial charge in [0.15, 0.2) is 12.7 Å². The first-order valence-corrected chi connectivity index (χ1v) is 6.40. The fourth-order valence-electron chi connectivity index (χ4n) is 1.79. The molecule has 0 aliphatic heterocycles. The van der Waals surface area contributed by atoms with Gasteiger partial charge in [0.1, 0.15) is 0 Å². The number of benzene rings is 1. The summed E-state index contributed by atoms with van der Waals surface area (Å²) in [7, 11) is 0. The van der Waals surface area contributed by atoms with Crippen LogP contribution in [0, 0.1) is 20.2 Å². The van der Waals surface area contributed by atoms with Crippen LogP contribution in [0.2, 0.25) is 0 Å². The van der Waals surface area contributed by atoms with Gasteiger partial charge in [0, 0.05) is 36.5 Å². The van der Waals surface area contributed by atoms with Gasteiger partial charge in [0.25, 0.3) is 11.7 Å². The molecule has 0 bridgehead atoms. The molecule has 1 aromatic rings. The summed E-state index contributed by atoms with van der Waals surface area (Å²) in [6, 6.07) is 3.22. The van der Waals surface area contributed by atoms with Crippen LogP contribution in [0.4, 0.5) is 5.69 Å². The van der Waals surface area contributed by atoms with Crippen molar-refractivity contribution in [2.24, 2.45) is 0 Å². The largest absolute Gasteiger partial charge is 0.458 e. The first kappa shape index (κ1) is 18.0. The number of esters is 2. The Hall–Kier alpha value is -3.04. The fourth-order valence-corrected chi connectivity index (χ4v) is 1.79. The number of carbonyl (C=O) groups is 2. The summed E-state index contributed by atoms with van der Waals surface area (Å²) in [5.74, 6) is -1.50. The molecule has 0 saturated heterocycles. The molecular formula is C13H14N2O8. The maximum Gasteiger partial charge on any atom is 0.303 e. The van der Waals surface area contributed by atoms with E-state index in [0.29, 0.717) is 0 Å². The van der Waals surface area contributed by atoms with Crippen molar-refractivity contribution in [1.29, 1.82) is 0 Å². The lowest BCUT2D eigenvalue weighted by atomic mass is 10.0. The Morgan fingerprint density at radius 3 is 2.04 bits per heavy atom. The third-order valence-electron chi connectivity index (χ3n) is 2.80. The first-order chi connectivity index (χ1) is 10.7. The van der Waals surface area contributed by atoms with Crippen LogP contribution in [0.3, 0.4) is 0 Å². The Morgan fingerprint density at radius 1 is 1.09 bits per heavy atom. The normalized spacial score (nSPS) is 12.8. The Bertz CT molecular complexity index is 613. The lowest BCUT2D eigenvalue weighted by molar-refractivity contribution is -0.538. The van der Waals surface area contributed by atoms with Crippen molar-refractivity contribution < 1.29 is 28.9 Å². The van der Waals surface area contributed by atoms with E-state index in [2.05, 4.69) is 4.74 Å². The first-order valence-electron chi connectivity index (χ1n) is 6.40. The summed E-state index contributed by atoms with van der Waals surface area (Å²) in [5.41, 5.74) is -0.0346. The molecule has 1 rings (SSSR count). The van der Waals surface area contributed by atoms with E-state index in [1.165, 1.54) is 12.1 Å². The number of nitro benzene ring substituents is 1. The zero-order valence-electron chi connectivity index (χ0n) is 12.3. The molecule has 0 heterocycles. The van der Waals surface area contributed by atoms with Crippen LogP contribution in [0.25, 0.3) is 0 Å². The minimum absolute atomic E-state index is 0.180. The summed E-state index contributed by atoms with van der Waals surface area (Å²) >= 11 is 0. The smallest absolute Gasteiger partial charge is 0.303 e. The molecule has 23 heavy (non-hydrogen) atoms. The van der Waals surface area contributed by atoms with Gasteiger partial charge in [-0.2, -0.15) is 0 Å². The average Bonchev–Trinajstić information content (AvgIpc) is 2.45. The summed E-state index contributed by atoms with van der Waals surface area (Å²) in [6.45, 7) is 1.56. The van der Waals surface area contributed by atoms with Gasteiger partial charge >= 0.3 is 11.9 Å². The van der Waals surface area contributed by atoms with Crippen molar-refractivity contribution >= 4 is 17.6 Å². The molecule has 0 aromatic heterocycles. The predicted molar refractivity (Wildman–Crippen MR) is 75.0 cm³/mol. The topological polar surface area (TPSA) is 139 Å². The molecule has 0 aliphatic carbocycles. The van der Waals surface area contributed by atoms with Gasteiger partial charge in [0.2, 0.25) is 0 Å². The molecule has 2 atom stereocenters. The van der Waals surface area contributed by atoms with Crippen LogP contribution in [0.1, 0.15) is 25.5 Å². The van der Waals surface area contributed by atoms with Gasteiger partial charge in [-0.15, -0.1) is 0 Å². The summed E-state index contributed by atoms with van der Waals surface area (Å²) in [6.07, 6.45) is -1.34. The highest BCUT2D eigenvalue weighted by atomic mass is 16.6. The number of nitro groups is 2. The van der Waals surface area contributed by atoms with Gasteiger partial charge in [-0.1, -0.05) is 0 Å². The number of nitrogens with zero attached hydrogens (tertiary/aromatic N) is 2. The molecule has 0 radical (unpaired) electrons. The van der Waals surface area contributed by atoms with Crippen molar-refractivity contribution in [1.82, 2.24) is 0 Å². The number of ether oxygens (including phenoxy) is 2. The van der Waals surface area contributed by atoms with Gasteiger partial charge in [-0.05, 0) is 12.1 Å². The van der Waals surface area contributed by atoms with Gasteiger partial charge in [0.05, 0.1) is 4.92 Å². The Morgan fingerprint density at radius 2 is 1.65 bits per heavy atom. The molecule has 0 spiro atoms. The predicted octanol–water partition coefficient (Wildman–Crippen LogP) is 1.41. The van der Waals surface area contributed by atoms with Crippen molar-refractivity contribution in [2.75, 3.05) is 6.61 Å². The Kier molecular flexibility index (Phi) is 6.13. The molecule has 0 N–H and O–H groups in total. The molecule has 0 saturated carbocycles. The zero-order valence-corrected chi connectivity index (χ0v) is 12.3. The quantitative estimate of drug-likeness (QED) is 0.416. The average molecular weight is 326 g/mol. The number of carbonyl (C=O) groups excluding carboxylic acids is 2. The minimum Gasteiger partial charge on any atom is -0.458 e. The maximum atomic E-state index is 11.2. The van der Waals surface area contributed by atoms with Crippen LogP contribution in [-0.2, 0) is 19.1 Å². The van der Waals surface area contributed by atoms with Crippen molar-refractivity contribution in [3.05, 3.63) is 50.1 Å². The lowest BCUT2D eigenvalue weighted by Gasteiger charge is -2.20. The molecule has 124 valence electrons. The second-order valence-electron chi connectivity index (χ2n) is 4.53. The summed E-state index contributed by atoms with van der Waals surface area (Å²) < 4.78 is 9.58. The molecule has 0 amide bonds. The molecule has 10 nitrogen and oxygen atoms in total. The highest BCUT2D eigenvalue weighted by Crippen LogP contribution is 2.26. The van der Waals surface area contributed by atoms with Crippen LogP contribution in [0.5, 0.6) is 0 Å². The summed E-state index contributed by atoms with van der Waals surface area (Å²) in [5, 5.41) is 21.8.